The summed E-state index contributed by atoms with van der Waals surface area (Å²) in [5, 5.41) is 36.3. The zero-order valence-electron chi connectivity index (χ0n) is 16.5. The molecule has 0 bridgehead atoms. The van der Waals surface area contributed by atoms with Gasteiger partial charge in [-0.3, -0.25) is 14.9 Å². The summed E-state index contributed by atoms with van der Waals surface area (Å²) in [5.41, 5.74) is 12.1. The molecule has 0 unspecified atom stereocenters. The lowest BCUT2D eigenvalue weighted by atomic mass is 10.1. The van der Waals surface area contributed by atoms with Crippen molar-refractivity contribution in [2.24, 2.45) is 16.5 Å². The number of nitrogens with zero attached hydrogens (tertiary/aromatic N) is 5. The highest BCUT2D eigenvalue weighted by atomic mass is 16.3. The highest BCUT2D eigenvalue weighted by Gasteiger charge is 2.21. The van der Waals surface area contributed by atoms with Gasteiger partial charge < -0.3 is 27.3 Å². The molecule has 2 heterocycles. The van der Waals surface area contributed by atoms with Crippen molar-refractivity contribution in [1.82, 2.24) is 20.2 Å². The largest absolute Gasteiger partial charge is 0.504 e. The molecule has 2 aromatic heterocycles. The van der Waals surface area contributed by atoms with Crippen LogP contribution in [0.2, 0.25) is 0 Å². The maximum Gasteiger partial charge on any atom is 0.267 e. The predicted octanol–water partition coefficient (Wildman–Crippen LogP) is 0.846. The number of aromatic nitrogens is 4. The molecule has 0 saturated heterocycles. The van der Waals surface area contributed by atoms with E-state index in [0.717, 1.165) is 6.21 Å². The van der Waals surface area contributed by atoms with Gasteiger partial charge in [0.05, 0.1) is 6.07 Å². The SMILES string of the molecule is CNc1cc(C(N)=O)nc(-c2n[nH]c(C(=NCCCC#N)/C(O)=C(/C)N)n2)c1C=N. The maximum atomic E-state index is 11.6. The molecule has 156 valence electrons. The molecule has 0 fully saturated rings. The van der Waals surface area contributed by atoms with Gasteiger partial charge in [0.15, 0.2) is 11.6 Å². The van der Waals surface area contributed by atoms with Gasteiger partial charge in [0.2, 0.25) is 5.82 Å². The zero-order valence-corrected chi connectivity index (χ0v) is 16.5. The number of aliphatic hydroxyl groups excluding tert-OH is 1. The molecule has 0 saturated carbocycles. The van der Waals surface area contributed by atoms with E-state index < -0.39 is 5.91 Å². The van der Waals surface area contributed by atoms with Crippen molar-refractivity contribution in [3.8, 4) is 17.6 Å². The van der Waals surface area contributed by atoms with Crippen LogP contribution in [0.4, 0.5) is 5.69 Å². The number of amides is 1. The molecule has 0 aliphatic rings. The Kier molecular flexibility index (Phi) is 7.18. The van der Waals surface area contributed by atoms with Gasteiger partial charge in [0, 0.05) is 43.2 Å². The zero-order chi connectivity index (χ0) is 22.3. The van der Waals surface area contributed by atoms with Crippen LogP contribution in [0.25, 0.3) is 11.5 Å². The first kappa shape index (κ1) is 22.0. The molecule has 12 heteroatoms. The van der Waals surface area contributed by atoms with Crippen LogP contribution in [-0.4, -0.2) is 56.7 Å². The molecular formula is C18H22N10O2. The Morgan fingerprint density at radius 1 is 1.47 bits per heavy atom. The number of aliphatic imine (C=N–C) groups is 1. The molecule has 0 spiro atoms. The Morgan fingerprint density at radius 3 is 2.77 bits per heavy atom. The third kappa shape index (κ3) is 4.76. The van der Waals surface area contributed by atoms with E-state index in [0.29, 0.717) is 24.1 Å². The normalized spacial score (nSPS) is 12.1. The molecule has 0 radical (unpaired) electrons. The Bertz CT molecular complexity index is 1060. The number of carbonyl (C=O) groups excluding carboxylic acids is 1. The van der Waals surface area contributed by atoms with E-state index in [1.54, 1.807) is 7.05 Å². The summed E-state index contributed by atoms with van der Waals surface area (Å²) < 4.78 is 0. The van der Waals surface area contributed by atoms with Crippen molar-refractivity contribution in [3.63, 3.8) is 0 Å². The van der Waals surface area contributed by atoms with E-state index in [9.17, 15) is 9.90 Å². The summed E-state index contributed by atoms with van der Waals surface area (Å²) in [6, 6.07) is 3.44. The molecule has 2 aromatic rings. The van der Waals surface area contributed by atoms with Crippen LogP contribution >= 0.6 is 0 Å². The standard InChI is InChI=1S/C18H22N10O2/c1-9(21)15(29)14(24-6-4-3-5-19)18-26-17(27-28-18)13-10(8-20)11(23-2)7-12(25-13)16(22)30/h7-8,20,29H,3-4,6,21H2,1-2H3,(H2,22,30)(H,23,25)(H,26,27,28)/b15-9+,20-8?,24-14?. The average molecular weight is 410 g/mol. The minimum absolute atomic E-state index is 0.0303. The second-order valence-electron chi connectivity index (χ2n) is 6.11. The molecule has 8 N–H and O–H groups in total. The number of aromatic amines is 1. The number of nitriles is 1. The van der Waals surface area contributed by atoms with Gasteiger partial charge in [-0.15, -0.1) is 0 Å². The fraction of sp³-hybridized carbons (Fsp3) is 0.278. The Balaban J connectivity index is 2.58. The van der Waals surface area contributed by atoms with E-state index in [1.165, 1.54) is 13.0 Å². The lowest BCUT2D eigenvalue weighted by Crippen LogP contribution is -2.15. The molecule has 30 heavy (non-hydrogen) atoms. The van der Waals surface area contributed by atoms with E-state index in [2.05, 4.69) is 30.5 Å². The number of unbranched alkanes of at least 4 members (excludes halogenated alkanes) is 1. The number of carbonyl (C=O) groups is 1. The number of rotatable bonds is 9. The van der Waals surface area contributed by atoms with E-state index in [4.69, 9.17) is 22.1 Å². The van der Waals surface area contributed by atoms with Crippen LogP contribution in [0.15, 0.2) is 22.5 Å². The van der Waals surface area contributed by atoms with Crippen LogP contribution in [0.5, 0.6) is 0 Å². The van der Waals surface area contributed by atoms with E-state index in [1.807, 2.05) is 6.07 Å². The summed E-state index contributed by atoms with van der Waals surface area (Å²) >= 11 is 0. The van der Waals surface area contributed by atoms with Gasteiger partial charge in [-0.1, -0.05) is 0 Å². The topological polar surface area (TPSA) is 216 Å². The number of nitrogens with one attached hydrogen (secondary N) is 3. The average Bonchev–Trinajstić information content (AvgIpc) is 3.21. The summed E-state index contributed by atoms with van der Waals surface area (Å²) in [4.78, 5) is 24.4. The van der Waals surface area contributed by atoms with E-state index >= 15 is 0 Å². The number of anilines is 1. The van der Waals surface area contributed by atoms with Crippen molar-refractivity contribution in [1.29, 1.82) is 10.7 Å². The summed E-state index contributed by atoms with van der Waals surface area (Å²) in [5.74, 6) is -0.858. The number of hydrogen-bond donors (Lipinski definition) is 6. The third-order valence-electron chi connectivity index (χ3n) is 3.96. The lowest BCUT2D eigenvalue weighted by molar-refractivity contribution is 0.0995. The smallest absolute Gasteiger partial charge is 0.267 e. The first-order valence-electron chi connectivity index (χ1n) is 8.87. The fourth-order valence-corrected chi connectivity index (χ4v) is 2.48. The van der Waals surface area contributed by atoms with Gasteiger partial charge >= 0.3 is 0 Å². The highest BCUT2D eigenvalue weighted by Crippen LogP contribution is 2.25. The first-order valence-corrected chi connectivity index (χ1v) is 8.87. The Morgan fingerprint density at radius 2 is 2.20 bits per heavy atom. The number of primary amides is 1. The predicted molar refractivity (Wildman–Crippen MR) is 111 cm³/mol. The Hall–Kier alpha value is -4.27. The number of hydrogen-bond acceptors (Lipinski definition) is 10. The fourth-order valence-electron chi connectivity index (χ4n) is 2.48. The second-order valence-corrected chi connectivity index (χ2v) is 6.11. The van der Waals surface area contributed by atoms with Gasteiger partial charge in [-0.2, -0.15) is 10.4 Å². The molecule has 1 amide bonds. The molecular weight excluding hydrogens is 388 g/mol. The van der Waals surface area contributed by atoms with Crippen LogP contribution in [0, 0.1) is 16.7 Å². The lowest BCUT2D eigenvalue weighted by Gasteiger charge is -2.10. The highest BCUT2D eigenvalue weighted by molar-refractivity contribution is 6.09. The van der Waals surface area contributed by atoms with Crippen LogP contribution < -0.4 is 16.8 Å². The number of nitrogens with two attached hydrogens (primary N) is 2. The van der Waals surface area contributed by atoms with Crippen molar-refractivity contribution in [2.45, 2.75) is 19.8 Å². The third-order valence-corrected chi connectivity index (χ3v) is 3.96. The van der Waals surface area contributed by atoms with Crippen molar-refractivity contribution in [3.05, 3.63) is 34.6 Å². The monoisotopic (exact) mass is 410 g/mol. The number of aliphatic hydroxyl groups is 1. The van der Waals surface area contributed by atoms with Gasteiger partial charge in [-0.05, 0) is 19.4 Å². The van der Waals surface area contributed by atoms with Crippen molar-refractivity contribution >= 4 is 23.5 Å². The van der Waals surface area contributed by atoms with Gasteiger partial charge in [0.1, 0.15) is 17.1 Å². The van der Waals surface area contributed by atoms with E-state index in [-0.39, 0.29) is 46.7 Å². The number of pyridine rings is 1. The second kappa shape index (κ2) is 9.78. The summed E-state index contributed by atoms with van der Waals surface area (Å²) in [7, 11) is 1.62. The minimum Gasteiger partial charge on any atom is -0.504 e. The summed E-state index contributed by atoms with van der Waals surface area (Å²) in [6.45, 7) is 1.77. The van der Waals surface area contributed by atoms with Gasteiger partial charge in [-0.25, -0.2) is 9.97 Å². The summed E-state index contributed by atoms with van der Waals surface area (Å²) in [6.07, 6.45) is 1.85. The van der Waals surface area contributed by atoms with Crippen LogP contribution in [0.3, 0.4) is 0 Å². The molecule has 0 aliphatic carbocycles. The first-order chi connectivity index (χ1) is 14.3. The van der Waals surface area contributed by atoms with Crippen LogP contribution in [0.1, 0.15) is 41.6 Å². The molecule has 0 aliphatic heterocycles. The quantitative estimate of drug-likeness (QED) is 0.197. The molecule has 2 rings (SSSR count). The molecule has 0 aromatic carbocycles. The Labute approximate surface area is 172 Å². The van der Waals surface area contributed by atoms with Crippen molar-refractivity contribution in [2.75, 3.05) is 18.9 Å². The number of H-pyrrole nitrogens is 1. The maximum absolute atomic E-state index is 11.6. The van der Waals surface area contributed by atoms with Gasteiger partial charge in [0.25, 0.3) is 5.91 Å². The minimum atomic E-state index is -0.751. The molecule has 12 nitrogen and oxygen atoms in total. The van der Waals surface area contributed by atoms with Crippen LogP contribution in [-0.2, 0) is 0 Å². The number of allylic oxidation sites excluding steroid dienone is 2. The molecule has 0 atom stereocenters. The van der Waals surface area contributed by atoms with Crippen molar-refractivity contribution < 1.29 is 9.90 Å².